The lowest BCUT2D eigenvalue weighted by molar-refractivity contribution is -0.144. The standard InChI is InChI=1S/C25H36N4O3/c1-5-27-15-10-13-22(27)18-28(16-14-25(31)32-6-2)24(30)17-23-19(3)26-29(20(23)4)21-11-8-7-9-12-21/h7-9,11-12,22H,5-6,10,13-18H2,1-4H3. The van der Waals surface area contributed by atoms with Gasteiger partial charge < -0.3 is 9.64 Å². The van der Waals surface area contributed by atoms with Crippen molar-refractivity contribution in [2.45, 2.75) is 59.4 Å². The first-order valence-electron chi connectivity index (χ1n) is 11.7. The van der Waals surface area contributed by atoms with E-state index in [-0.39, 0.29) is 24.7 Å². The number of aromatic nitrogens is 2. The Balaban J connectivity index is 1.76. The Labute approximate surface area is 191 Å². The molecule has 0 aliphatic carbocycles. The normalized spacial score (nSPS) is 16.3. The van der Waals surface area contributed by atoms with E-state index in [9.17, 15) is 9.59 Å². The topological polar surface area (TPSA) is 67.7 Å². The van der Waals surface area contributed by atoms with E-state index >= 15 is 0 Å². The number of hydrogen-bond acceptors (Lipinski definition) is 5. The predicted molar refractivity (Wildman–Crippen MR) is 125 cm³/mol. The molecular weight excluding hydrogens is 404 g/mol. The van der Waals surface area contributed by atoms with Gasteiger partial charge in [0.1, 0.15) is 0 Å². The summed E-state index contributed by atoms with van der Waals surface area (Å²) in [6.45, 7) is 11.4. The molecule has 0 bridgehead atoms. The van der Waals surface area contributed by atoms with Gasteiger partial charge in [0.2, 0.25) is 5.91 Å². The number of nitrogens with zero attached hydrogens (tertiary/aromatic N) is 4. The number of esters is 1. The summed E-state index contributed by atoms with van der Waals surface area (Å²) in [6.07, 6.45) is 2.74. The number of hydrogen-bond donors (Lipinski definition) is 0. The van der Waals surface area contributed by atoms with Crippen LogP contribution < -0.4 is 0 Å². The van der Waals surface area contributed by atoms with Crippen LogP contribution in [0.15, 0.2) is 30.3 Å². The van der Waals surface area contributed by atoms with Crippen molar-refractivity contribution < 1.29 is 14.3 Å². The van der Waals surface area contributed by atoms with Gasteiger partial charge in [-0.05, 0) is 58.8 Å². The van der Waals surface area contributed by atoms with Gasteiger partial charge in [0, 0.05) is 30.4 Å². The maximum absolute atomic E-state index is 13.4. The van der Waals surface area contributed by atoms with Crippen molar-refractivity contribution in [3.8, 4) is 5.69 Å². The Hall–Kier alpha value is -2.67. The van der Waals surface area contributed by atoms with E-state index in [1.807, 2.05) is 53.8 Å². The highest BCUT2D eigenvalue weighted by Gasteiger charge is 2.28. The Kier molecular flexibility index (Phi) is 8.45. The second kappa shape index (κ2) is 11.3. The number of carbonyl (C=O) groups is 2. The van der Waals surface area contributed by atoms with E-state index in [4.69, 9.17) is 4.74 Å². The van der Waals surface area contributed by atoms with E-state index in [0.29, 0.717) is 25.7 Å². The fourth-order valence-electron chi connectivity index (χ4n) is 4.56. The summed E-state index contributed by atoms with van der Waals surface area (Å²) in [7, 11) is 0. The number of carbonyl (C=O) groups excluding carboxylic acids is 2. The number of likely N-dealkylation sites (tertiary alicyclic amines) is 1. The van der Waals surface area contributed by atoms with Crippen molar-refractivity contribution in [3.05, 3.63) is 47.3 Å². The number of para-hydroxylation sites is 1. The van der Waals surface area contributed by atoms with E-state index in [2.05, 4.69) is 16.9 Å². The summed E-state index contributed by atoms with van der Waals surface area (Å²) in [5.74, 6) is -0.218. The first-order valence-corrected chi connectivity index (χ1v) is 11.7. The van der Waals surface area contributed by atoms with Crippen LogP contribution in [0, 0.1) is 13.8 Å². The Bertz CT molecular complexity index is 909. The van der Waals surface area contributed by atoms with Crippen LogP contribution >= 0.6 is 0 Å². The first kappa shape index (κ1) is 24.0. The molecule has 2 aromatic rings. The molecule has 0 saturated carbocycles. The molecule has 1 saturated heterocycles. The monoisotopic (exact) mass is 440 g/mol. The van der Waals surface area contributed by atoms with Gasteiger partial charge in [0.05, 0.1) is 30.8 Å². The Morgan fingerprint density at radius 3 is 2.62 bits per heavy atom. The summed E-state index contributed by atoms with van der Waals surface area (Å²) in [6, 6.07) is 10.3. The van der Waals surface area contributed by atoms with Crippen molar-refractivity contribution in [3.63, 3.8) is 0 Å². The van der Waals surface area contributed by atoms with Gasteiger partial charge in [0.25, 0.3) is 0 Å². The van der Waals surface area contributed by atoms with Gasteiger partial charge in [-0.25, -0.2) is 4.68 Å². The summed E-state index contributed by atoms with van der Waals surface area (Å²) in [4.78, 5) is 29.7. The number of ether oxygens (including phenoxy) is 1. The lowest BCUT2D eigenvalue weighted by Crippen LogP contribution is -2.44. The molecule has 0 spiro atoms. The van der Waals surface area contributed by atoms with Crippen molar-refractivity contribution in [1.29, 1.82) is 0 Å². The minimum atomic E-state index is -0.256. The second-order valence-corrected chi connectivity index (χ2v) is 8.39. The van der Waals surface area contributed by atoms with Crippen LogP contribution in [-0.2, 0) is 20.7 Å². The molecule has 0 radical (unpaired) electrons. The number of aryl methyl sites for hydroxylation is 1. The highest BCUT2D eigenvalue weighted by Crippen LogP contribution is 2.21. The summed E-state index contributed by atoms with van der Waals surface area (Å²) in [5, 5.41) is 4.68. The molecule has 1 aromatic heterocycles. The summed E-state index contributed by atoms with van der Waals surface area (Å²) >= 11 is 0. The minimum absolute atomic E-state index is 0.0380. The van der Waals surface area contributed by atoms with Gasteiger partial charge in [-0.2, -0.15) is 5.10 Å². The maximum atomic E-state index is 13.4. The zero-order valence-electron chi connectivity index (χ0n) is 19.8. The van der Waals surface area contributed by atoms with Gasteiger partial charge in [-0.1, -0.05) is 25.1 Å². The summed E-state index contributed by atoms with van der Waals surface area (Å²) in [5.41, 5.74) is 3.78. The number of benzene rings is 1. The van der Waals surface area contributed by atoms with E-state index < -0.39 is 0 Å². The highest BCUT2D eigenvalue weighted by atomic mass is 16.5. The molecule has 174 valence electrons. The van der Waals surface area contributed by atoms with E-state index in [1.54, 1.807) is 6.92 Å². The Morgan fingerprint density at radius 1 is 1.19 bits per heavy atom. The lowest BCUT2D eigenvalue weighted by atomic mass is 10.1. The molecule has 1 atom stereocenters. The third-order valence-corrected chi connectivity index (χ3v) is 6.35. The average molecular weight is 441 g/mol. The molecule has 1 fully saturated rings. The SMILES string of the molecule is CCOC(=O)CCN(CC1CCCN1CC)C(=O)Cc1c(C)nn(-c2ccccc2)c1C. The maximum Gasteiger partial charge on any atom is 0.307 e. The van der Waals surface area contributed by atoms with Crippen molar-refractivity contribution in [2.75, 3.05) is 32.8 Å². The van der Waals surface area contributed by atoms with Crippen LogP contribution in [0.3, 0.4) is 0 Å². The molecule has 7 heteroatoms. The van der Waals surface area contributed by atoms with Crippen LogP contribution in [0.2, 0.25) is 0 Å². The number of rotatable bonds is 10. The third-order valence-electron chi connectivity index (χ3n) is 6.35. The Morgan fingerprint density at radius 2 is 1.94 bits per heavy atom. The van der Waals surface area contributed by atoms with Gasteiger partial charge in [-0.3, -0.25) is 14.5 Å². The molecule has 1 amide bonds. The molecule has 1 aromatic carbocycles. The van der Waals surface area contributed by atoms with Crippen LogP contribution in [-0.4, -0.2) is 70.3 Å². The van der Waals surface area contributed by atoms with Gasteiger partial charge in [-0.15, -0.1) is 0 Å². The zero-order valence-corrected chi connectivity index (χ0v) is 19.8. The molecule has 32 heavy (non-hydrogen) atoms. The van der Waals surface area contributed by atoms with Gasteiger partial charge >= 0.3 is 5.97 Å². The molecule has 3 rings (SSSR count). The number of amides is 1. The molecule has 1 aliphatic rings. The molecule has 0 N–H and O–H groups in total. The van der Waals surface area contributed by atoms with Crippen molar-refractivity contribution >= 4 is 11.9 Å². The first-order chi connectivity index (χ1) is 15.4. The average Bonchev–Trinajstić information content (AvgIpc) is 3.36. The van der Waals surface area contributed by atoms with Crippen LogP contribution in [0.25, 0.3) is 5.69 Å². The van der Waals surface area contributed by atoms with Crippen LogP contribution in [0.1, 0.15) is 50.1 Å². The molecule has 7 nitrogen and oxygen atoms in total. The molecule has 1 aliphatic heterocycles. The van der Waals surface area contributed by atoms with Crippen molar-refractivity contribution in [2.24, 2.45) is 0 Å². The van der Waals surface area contributed by atoms with Crippen LogP contribution in [0.4, 0.5) is 0 Å². The van der Waals surface area contributed by atoms with E-state index in [1.165, 1.54) is 0 Å². The summed E-state index contributed by atoms with van der Waals surface area (Å²) < 4.78 is 6.99. The highest BCUT2D eigenvalue weighted by molar-refractivity contribution is 5.80. The largest absolute Gasteiger partial charge is 0.466 e. The molecular formula is C25H36N4O3. The number of likely N-dealkylation sites (N-methyl/N-ethyl adjacent to an activating group) is 1. The smallest absolute Gasteiger partial charge is 0.307 e. The molecule has 2 heterocycles. The fourth-order valence-corrected chi connectivity index (χ4v) is 4.56. The quantitative estimate of drug-likeness (QED) is 0.531. The van der Waals surface area contributed by atoms with Crippen molar-refractivity contribution in [1.82, 2.24) is 19.6 Å². The minimum Gasteiger partial charge on any atom is -0.466 e. The van der Waals surface area contributed by atoms with Crippen LogP contribution in [0.5, 0.6) is 0 Å². The fraction of sp³-hybridized carbons (Fsp3) is 0.560. The third kappa shape index (κ3) is 5.76. The molecule has 1 unspecified atom stereocenters. The lowest BCUT2D eigenvalue weighted by Gasteiger charge is -2.30. The zero-order chi connectivity index (χ0) is 23.1. The van der Waals surface area contributed by atoms with Gasteiger partial charge in [0.15, 0.2) is 0 Å². The van der Waals surface area contributed by atoms with E-state index in [0.717, 1.165) is 48.6 Å². The predicted octanol–water partition coefficient (Wildman–Crippen LogP) is 3.30. The second-order valence-electron chi connectivity index (χ2n) is 8.39.